The Hall–Kier alpha value is -1.24. The SMILES string of the molecule is Nc1nc(SCC(=O)N2CCCC2)n[nH]1. The third-order valence-corrected chi connectivity index (χ3v) is 3.10. The predicted molar refractivity (Wildman–Crippen MR) is 57.3 cm³/mol. The Bertz CT molecular complexity index is 347. The van der Waals surface area contributed by atoms with Gasteiger partial charge in [0.25, 0.3) is 0 Å². The number of nitrogen functional groups attached to an aromatic ring is 1. The lowest BCUT2D eigenvalue weighted by atomic mass is 10.4. The lowest BCUT2D eigenvalue weighted by Gasteiger charge is -2.13. The summed E-state index contributed by atoms with van der Waals surface area (Å²) in [5, 5.41) is 6.91. The second kappa shape index (κ2) is 4.52. The van der Waals surface area contributed by atoms with Crippen LogP contribution in [0.25, 0.3) is 0 Å². The average molecular weight is 227 g/mol. The van der Waals surface area contributed by atoms with Gasteiger partial charge in [0, 0.05) is 13.1 Å². The summed E-state index contributed by atoms with van der Waals surface area (Å²) in [6, 6.07) is 0. The predicted octanol–water partition coefficient (Wildman–Crippen LogP) is 0.101. The number of hydrogen-bond acceptors (Lipinski definition) is 5. The van der Waals surface area contributed by atoms with Gasteiger partial charge in [-0.3, -0.25) is 4.79 Å². The van der Waals surface area contributed by atoms with Crippen LogP contribution in [-0.2, 0) is 4.79 Å². The van der Waals surface area contributed by atoms with Gasteiger partial charge in [-0.2, -0.15) is 4.98 Å². The van der Waals surface area contributed by atoms with Crippen LogP contribution < -0.4 is 5.73 Å². The average Bonchev–Trinajstić information content (AvgIpc) is 2.84. The van der Waals surface area contributed by atoms with Crippen molar-refractivity contribution in [2.45, 2.75) is 18.0 Å². The van der Waals surface area contributed by atoms with Crippen molar-refractivity contribution in [3.63, 3.8) is 0 Å². The number of nitrogens with one attached hydrogen (secondary N) is 1. The third-order valence-electron chi connectivity index (χ3n) is 2.27. The summed E-state index contributed by atoms with van der Waals surface area (Å²) in [6.07, 6.45) is 2.23. The maximum Gasteiger partial charge on any atom is 0.233 e. The Morgan fingerprint density at radius 1 is 1.53 bits per heavy atom. The van der Waals surface area contributed by atoms with Crippen LogP contribution in [0.1, 0.15) is 12.8 Å². The van der Waals surface area contributed by atoms with E-state index in [-0.39, 0.29) is 11.9 Å². The molecule has 7 heteroatoms. The molecule has 1 aliphatic rings. The minimum absolute atomic E-state index is 0.154. The van der Waals surface area contributed by atoms with E-state index in [0.717, 1.165) is 25.9 Å². The summed E-state index contributed by atoms with van der Waals surface area (Å²) in [5.41, 5.74) is 5.37. The Morgan fingerprint density at radius 2 is 2.27 bits per heavy atom. The van der Waals surface area contributed by atoms with Crippen molar-refractivity contribution >= 4 is 23.6 Å². The van der Waals surface area contributed by atoms with Crippen molar-refractivity contribution in [2.75, 3.05) is 24.6 Å². The number of nitrogens with zero attached hydrogens (tertiary/aromatic N) is 3. The Labute approximate surface area is 91.6 Å². The van der Waals surface area contributed by atoms with E-state index in [9.17, 15) is 4.79 Å². The molecular weight excluding hydrogens is 214 g/mol. The molecule has 1 saturated heterocycles. The maximum atomic E-state index is 11.6. The number of likely N-dealkylation sites (tertiary alicyclic amines) is 1. The van der Waals surface area contributed by atoms with Crippen LogP contribution in [0.15, 0.2) is 5.16 Å². The molecule has 0 spiro atoms. The summed E-state index contributed by atoms with van der Waals surface area (Å²) in [5.74, 6) is 0.823. The number of thioether (sulfide) groups is 1. The van der Waals surface area contributed by atoms with E-state index in [1.807, 2.05) is 4.90 Å². The second-order valence-corrected chi connectivity index (χ2v) is 4.32. The van der Waals surface area contributed by atoms with E-state index in [1.165, 1.54) is 11.8 Å². The monoisotopic (exact) mass is 227 g/mol. The molecule has 15 heavy (non-hydrogen) atoms. The normalized spacial score (nSPS) is 15.9. The zero-order valence-electron chi connectivity index (χ0n) is 8.27. The van der Waals surface area contributed by atoms with E-state index in [1.54, 1.807) is 0 Å². The third kappa shape index (κ3) is 2.62. The van der Waals surface area contributed by atoms with Crippen LogP contribution in [-0.4, -0.2) is 44.8 Å². The first-order chi connectivity index (χ1) is 7.25. The van der Waals surface area contributed by atoms with Gasteiger partial charge in [0.1, 0.15) is 0 Å². The molecule has 1 amide bonds. The van der Waals surface area contributed by atoms with Crippen LogP contribution in [0.4, 0.5) is 5.95 Å². The lowest BCUT2D eigenvalue weighted by Crippen LogP contribution is -2.29. The number of nitrogens with two attached hydrogens (primary N) is 1. The number of aromatic amines is 1. The largest absolute Gasteiger partial charge is 0.368 e. The summed E-state index contributed by atoms with van der Waals surface area (Å²) >= 11 is 1.31. The van der Waals surface area contributed by atoms with Crippen molar-refractivity contribution < 1.29 is 4.79 Å². The highest BCUT2D eigenvalue weighted by Crippen LogP contribution is 2.15. The van der Waals surface area contributed by atoms with Gasteiger partial charge in [-0.15, -0.1) is 5.10 Å². The lowest BCUT2D eigenvalue weighted by molar-refractivity contribution is -0.127. The molecular formula is C8H13N5OS. The molecule has 1 aromatic heterocycles. The number of hydrogen-bond donors (Lipinski definition) is 2. The van der Waals surface area contributed by atoms with Crippen LogP contribution in [0.3, 0.4) is 0 Å². The molecule has 0 bridgehead atoms. The van der Waals surface area contributed by atoms with Gasteiger partial charge in [-0.1, -0.05) is 11.8 Å². The highest BCUT2D eigenvalue weighted by molar-refractivity contribution is 7.99. The zero-order valence-corrected chi connectivity index (χ0v) is 9.09. The number of rotatable bonds is 3. The molecule has 2 rings (SSSR count). The maximum absolute atomic E-state index is 11.6. The molecule has 1 aromatic rings. The minimum atomic E-state index is 0.154. The fraction of sp³-hybridized carbons (Fsp3) is 0.625. The highest BCUT2D eigenvalue weighted by atomic mass is 32.2. The van der Waals surface area contributed by atoms with Crippen molar-refractivity contribution in [3.8, 4) is 0 Å². The first-order valence-corrected chi connectivity index (χ1v) is 5.83. The van der Waals surface area contributed by atoms with E-state index in [0.29, 0.717) is 10.9 Å². The number of anilines is 1. The molecule has 3 N–H and O–H groups in total. The first-order valence-electron chi connectivity index (χ1n) is 4.84. The van der Waals surface area contributed by atoms with Gasteiger partial charge in [0.2, 0.25) is 17.0 Å². The van der Waals surface area contributed by atoms with E-state index in [2.05, 4.69) is 15.2 Å². The molecule has 1 fully saturated rings. The Balaban J connectivity index is 1.80. The number of carbonyl (C=O) groups excluding carboxylic acids is 1. The molecule has 0 saturated carbocycles. The van der Waals surface area contributed by atoms with E-state index < -0.39 is 0 Å². The topological polar surface area (TPSA) is 87.9 Å². The van der Waals surface area contributed by atoms with Crippen LogP contribution in [0.2, 0.25) is 0 Å². The standard InChI is InChI=1S/C8H13N5OS/c9-7-10-8(12-11-7)15-5-6(14)13-3-1-2-4-13/h1-5H2,(H3,9,10,11,12). The quantitative estimate of drug-likeness (QED) is 0.715. The van der Waals surface area contributed by atoms with Crippen LogP contribution in [0, 0.1) is 0 Å². The summed E-state index contributed by atoms with van der Waals surface area (Å²) in [4.78, 5) is 17.4. The van der Waals surface area contributed by atoms with Crippen molar-refractivity contribution in [1.29, 1.82) is 0 Å². The molecule has 0 unspecified atom stereocenters. The fourth-order valence-electron chi connectivity index (χ4n) is 1.51. The van der Waals surface area contributed by atoms with Crippen molar-refractivity contribution in [3.05, 3.63) is 0 Å². The molecule has 0 radical (unpaired) electrons. The smallest absolute Gasteiger partial charge is 0.233 e. The van der Waals surface area contributed by atoms with E-state index >= 15 is 0 Å². The molecule has 0 aromatic carbocycles. The number of amides is 1. The summed E-state index contributed by atoms with van der Waals surface area (Å²) < 4.78 is 0. The number of aromatic nitrogens is 3. The molecule has 6 nitrogen and oxygen atoms in total. The van der Waals surface area contributed by atoms with Gasteiger partial charge in [0.15, 0.2) is 0 Å². The van der Waals surface area contributed by atoms with E-state index in [4.69, 9.17) is 5.73 Å². The van der Waals surface area contributed by atoms with Crippen LogP contribution >= 0.6 is 11.8 Å². The first kappa shape index (κ1) is 10.3. The molecule has 2 heterocycles. The zero-order chi connectivity index (χ0) is 10.7. The van der Waals surface area contributed by atoms with Gasteiger partial charge in [0.05, 0.1) is 5.75 Å². The molecule has 0 atom stereocenters. The highest BCUT2D eigenvalue weighted by Gasteiger charge is 2.18. The van der Waals surface area contributed by atoms with Crippen molar-refractivity contribution in [1.82, 2.24) is 20.1 Å². The summed E-state index contributed by atoms with van der Waals surface area (Å²) in [7, 11) is 0. The van der Waals surface area contributed by atoms with Gasteiger partial charge in [-0.05, 0) is 12.8 Å². The summed E-state index contributed by atoms with van der Waals surface area (Å²) in [6.45, 7) is 1.77. The van der Waals surface area contributed by atoms with Gasteiger partial charge in [-0.25, -0.2) is 5.10 Å². The Kier molecular flexibility index (Phi) is 3.10. The van der Waals surface area contributed by atoms with Crippen LogP contribution in [0.5, 0.6) is 0 Å². The van der Waals surface area contributed by atoms with Gasteiger partial charge >= 0.3 is 0 Å². The number of carbonyl (C=O) groups is 1. The number of H-pyrrole nitrogens is 1. The van der Waals surface area contributed by atoms with Gasteiger partial charge < -0.3 is 10.6 Å². The molecule has 1 aliphatic heterocycles. The fourth-order valence-corrected chi connectivity index (χ4v) is 2.22. The molecule has 82 valence electrons. The second-order valence-electron chi connectivity index (χ2n) is 3.38. The molecule has 0 aliphatic carbocycles. The van der Waals surface area contributed by atoms with Crippen molar-refractivity contribution in [2.24, 2.45) is 0 Å². The minimum Gasteiger partial charge on any atom is -0.368 e. The Morgan fingerprint density at radius 3 is 2.87 bits per heavy atom.